The van der Waals surface area contributed by atoms with Crippen LogP contribution >= 0.6 is 21.6 Å². The molecule has 5 heteroatoms. The van der Waals surface area contributed by atoms with Crippen molar-refractivity contribution in [2.24, 2.45) is 46.3 Å². The minimum absolute atomic E-state index is 0.364. The largest absolute Gasteiger partial charge is 0.508 e. The zero-order valence-corrected chi connectivity index (χ0v) is 33.8. The lowest BCUT2D eigenvalue weighted by Gasteiger charge is -2.60. The van der Waals surface area contributed by atoms with Gasteiger partial charge in [0.1, 0.15) is 5.75 Å². The van der Waals surface area contributed by atoms with Gasteiger partial charge in [0.15, 0.2) is 0 Å². The maximum atomic E-state index is 11.1. The first-order valence-electron chi connectivity index (χ1n) is 21.1. The molecule has 51 heavy (non-hydrogen) atoms. The molecule has 7 rings (SSSR count). The summed E-state index contributed by atoms with van der Waals surface area (Å²) in [5.41, 5.74) is 6.23. The highest BCUT2D eigenvalue weighted by Gasteiger charge is 2.58. The van der Waals surface area contributed by atoms with Crippen molar-refractivity contribution in [2.45, 2.75) is 130 Å². The Bertz CT molecular complexity index is 1460. The van der Waals surface area contributed by atoms with Gasteiger partial charge in [0, 0.05) is 24.1 Å². The standard InChI is InChI=1S/C46H68N2OS2/c1-4-5-6-9-17-47-28-35-14-16-45(26-35)27-43-41-20-37-18-36(22-42(49)23-37)19-39-12-7-8-13-40(39)29-48-34(3)30-50-51-31-38(21-41)24-44(43)46(32-45)15-10-11-33(2)25-46/h7-8,10,12-13,15,18,22-23,33-35,38,41,43-44,47-49H,4-6,9,11,14,16-17,19-21,24-32H2,1-3H3/t33-,34+,35-,38+,41+,43+,44+,45-,46-/m0/s1. The third-order valence-electron chi connectivity index (χ3n) is 14.0. The van der Waals surface area contributed by atoms with E-state index in [2.05, 4.69) is 102 Å². The summed E-state index contributed by atoms with van der Waals surface area (Å²) in [6.45, 7) is 10.5. The van der Waals surface area contributed by atoms with Gasteiger partial charge in [-0.05, 0) is 178 Å². The highest BCUT2D eigenvalue weighted by atomic mass is 33.1. The fourth-order valence-corrected chi connectivity index (χ4v) is 14.6. The zero-order valence-electron chi connectivity index (χ0n) is 32.1. The van der Waals surface area contributed by atoms with Crippen molar-refractivity contribution < 1.29 is 5.11 Å². The summed E-state index contributed by atoms with van der Waals surface area (Å²) >= 11 is 0. The molecule has 1 aliphatic heterocycles. The second kappa shape index (κ2) is 17.4. The molecule has 3 fully saturated rings. The van der Waals surface area contributed by atoms with Crippen LogP contribution in [0.3, 0.4) is 0 Å². The number of rotatable bonds is 7. The molecule has 0 unspecified atom stereocenters. The molecule has 5 aliphatic rings. The predicted octanol–water partition coefficient (Wildman–Crippen LogP) is 11.4. The molecule has 280 valence electrons. The van der Waals surface area contributed by atoms with Gasteiger partial charge in [0.2, 0.25) is 0 Å². The van der Waals surface area contributed by atoms with Crippen molar-refractivity contribution in [2.75, 3.05) is 24.6 Å². The Morgan fingerprint density at radius 2 is 1.78 bits per heavy atom. The van der Waals surface area contributed by atoms with E-state index in [-0.39, 0.29) is 0 Å². The Morgan fingerprint density at radius 3 is 2.65 bits per heavy atom. The number of nitrogens with one attached hydrogen (secondary N) is 2. The van der Waals surface area contributed by atoms with Crippen LogP contribution in [0.5, 0.6) is 5.75 Å². The third kappa shape index (κ3) is 9.46. The van der Waals surface area contributed by atoms with Gasteiger partial charge < -0.3 is 15.7 Å². The van der Waals surface area contributed by atoms with Crippen LogP contribution in [0.1, 0.15) is 126 Å². The lowest BCUT2D eigenvalue weighted by molar-refractivity contribution is -0.0820. The maximum absolute atomic E-state index is 11.1. The van der Waals surface area contributed by atoms with E-state index < -0.39 is 0 Å². The molecule has 2 aromatic rings. The average molecular weight is 729 g/mol. The topological polar surface area (TPSA) is 44.3 Å². The molecule has 0 saturated heterocycles. The zero-order chi connectivity index (χ0) is 35.3. The van der Waals surface area contributed by atoms with E-state index in [1.807, 2.05) is 6.07 Å². The van der Waals surface area contributed by atoms with E-state index in [9.17, 15) is 5.11 Å². The van der Waals surface area contributed by atoms with E-state index in [0.717, 1.165) is 54.7 Å². The molecule has 3 nitrogen and oxygen atoms in total. The van der Waals surface area contributed by atoms with Crippen molar-refractivity contribution in [1.29, 1.82) is 0 Å². The Kier molecular flexibility index (Phi) is 12.9. The summed E-state index contributed by atoms with van der Waals surface area (Å²) in [7, 11) is 4.25. The minimum atomic E-state index is 0.364. The molecule has 2 spiro atoms. The fraction of sp³-hybridized carbons (Fsp3) is 0.696. The number of unbranched alkanes of at least 4 members (excludes halogenated alkanes) is 3. The second-order valence-corrected chi connectivity index (χ2v) is 20.9. The van der Waals surface area contributed by atoms with E-state index in [0.29, 0.717) is 28.5 Å². The average Bonchev–Trinajstić information content (AvgIpc) is 3.48. The molecular weight excluding hydrogens is 661 g/mol. The number of aromatic hydroxyl groups is 1. The minimum Gasteiger partial charge on any atom is -0.508 e. The van der Waals surface area contributed by atoms with Gasteiger partial charge in [0.05, 0.1) is 0 Å². The number of benzene rings is 2. The van der Waals surface area contributed by atoms with Crippen LogP contribution in [0.2, 0.25) is 0 Å². The smallest absolute Gasteiger partial charge is 0.116 e. The first-order chi connectivity index (χ1) is 24.8. The number of allylic oxidation sites excluding steroid dienone is 2. The van der Waals surface area contributed by atoms with Crippen LogP contribution in [-0.4, -0.2) is 35.7 Å². The summed E-state index contributed by atoms with van der Waals surface area (Å²) in [6, 6.07) is 16.0. The molecule has 2 aromatic carbocycles. The van der Waals surface area contributed by atoms with E-state index in [4.69, 9.17) is 0 Å². The summed E-state index contributed by atoms with van der Waals surface area (Å²) in [5, 5.41) is 18.9. The van der Waals surface area contributed by atoms with E-state index in [1.54, 1.807) is 0 Å². The van der Waals surface area contributed by atoms with Crippen LogP contribution in [-0.2, 0) is 19.4 Å². The monoisotopic (exact) mass is 728 g/mol. The van der Waals surface area contributed by atoms with Gasteiger partial charge in [-0.25, -0.2) is 0 Å². The SMILES string of the molecule is CCCCCCNC[C@H]1CC[C@]2(C1)C[C@@H]1[C@@H]3Cc4cc(O)cc(c4)Cc4ccccc4CN[C@H](C)CSSC[C@H](C3)C[C@H]1[C@]1(C=CC[C@H](C)C1)C2. The highest BCUT2D eigenvalue weighted by Crippen LogP contribution is 2.67. The van der Waals surface area contributed by atoms with Gasteiger partial charge in [-0.15, -0.1) is 0 Å². The van der Waals surface area contributed by atoms with Crippen molar-refractivity contribution >= 4 is 21.6 Å². The molecule has 3 saturated carbocycles. The van der Waals surface area contributed by atoms with Crippen LogP contribution in [0.25, 0.3) is 0 Å². The lowest BCUT2D eigenvalue weighted by Crippen LogP contribution is -2.52. The maximum Gasteiger partial charge on any atom is 0.116 e. The molecule has 0 radical (unpaired) electrons. The molecular formula is C46H68N2OS2. The first kappa shape index (κ1) is 37.9. The Hall–Kier alpha value is -1.40. The van der Waals surface area contributed by atoms with E-state index in [1.165, 1.54) is 125 Å². The second-order valence-electron chi connectivity index (χ2n) is 18.3. The van der Waals surface area contributed by atoms with Crippen molar-refractivity contribution in [3.8, 4) is 5.75 Å². The van der Waals surface area contributed by atoms with Crippen LogP contribution in [0.4, 0.5) is 0 Å². The Morgan fingerprint density at radius 1 is 0.941 bits per heavy atom. The molecule has 4 aliphatic carbocycles. The number of phenolic OH excluding ortho intramolecular Hbond substituents is 1. The highest BCUT2D eigenvalue weighted by molar-refractivity contribution is 8.76. The quantitative estimate of drug-likeness (QED) is 0.150. The van der Waals surface area contributed by atoms with Crippen molar-refractivity contribution in [3.05, 3.63) is 76.9 Å². The van der Waals surface area contributed by atoms with Crippen LogP contribution in [0, 0.1) is 46.3 Å². The van der Waals surface area contributed by atoms with E-state index >= 15 is 0 Å². The lowest BCUT2D eigenvalue weighted by atomic mass is 9.44. The predicted molar refractivity (Wildman–Crippen MR) is 221 cm³/mol. The summed E-state index contributed by atoms with van der Waals surface area (Å²) < 4.78 is 0. The Labute approximate surface area is 319 Å². The summed E-state index contributed by atoms with van der Waals surface area (Å²) in [4.78, 5) is 0. The normalized spacial score (nSPS) is 35.7. The summed E-state index contributed by atoms with van der Waals surface area (Å²) in [6.07, 6.45) is 25.4. The summed E-state index contributed by atoms with van der Waals surface area (Å²) in [5.74, 6) is 7.53. The molecule has 0 aromatic heterocycles. The van der Waals surface area contributed by atoms with Crippen LogP contribution < -0.4 is 10.6 Å². The molecule has 4 bridgehead atoms. The molecule has 9 atom stereocenters. The fourth-order valence-electron chi connectivity index (χ4n) is 11.9. The van der Waals surface area contributed by atoms with Crippen molar-refractivity contribution in [1.82, 2.24) is 10.6 Å². The molecule has 3 N–H and O–H groups in total. The van der Waals surface area contributed by atoms with Gasteiger partial charge in [-0.2, -0.15) is 0 Å². The van der Waals surface area contributed by atoms with Crippen LogP contribution in [0.15, 0.2) is 54.6 Å². The van der Waals surface area contributed by atoms with Gasteiger partial charge in [-0.3, -0.25) is 0 Å². The number of hydrogen-bond donors (Lipinski definition) is 3. The number of phenols is 1. The molecule has 0 amide bonds. The van der Waals surface area contributed by atoms with Crippen molar-refractivity contribution in [3.63, 3.8) is 0 Å². The first-order valence-corrected chi connectivity index (χ1v) is 23.6. The van der Waals surface area contributed by atoms with Gasteiger partial charge in [-0.1, -0.05) is 97.2 Å². The number of hydrogen-bond acceptors (Lipinski definition) is 5. The van der Waals surface area contributed by atoms with Gasteiger partial charge >= 0.3 is 0 Å². The van der Waals surface area contributed by atoms with Gasteiger partial charge in [0.25, 0.3) is 0 Å². The third-order valence-corrected chi connectivity index (χ3v) is 16.7. The number of fused-ring (bicyclic) bond motifs is 8. The Balaban J connectivity index is 1.17. The molecule has 1 heterocycles.